The van der Waals surface area contributed by atoms with Gasteiger partial charge in [0.15, 0.2) is 23.3 Å². The van der Waals surface area contributed by atoms with Crippen LogP contribution in [0.2, 0.25) is 0 Å². The molecule has 0 spiro atoms. The third-order valence-corrected chi connectivity index (χ3v) is 18.9. The summed E-state index contributed by atoms with van der Waals surface area (Å²) in [5.74, 6) is 2.43. The molecule has 1 atom stereocenters. The number of nitrogens with one attached hydrogen (secondary N) is 4. The Morgan fingerprint density at radius 2 is 0.652 bits per heavy atom. The third-order valence-electron chi connectivity index (χ3n) is 18.9. The van der Waals surface area contributed by atoms with Gasteiger partial charge in [-0.15, -0.1) is 0 Å². The van der Waals surface area contributed by atoms with Crippen molar-refractivity contribution < 1.29 is 39.6 Å². The maximum absolute atomic E-state index is 12.7. The molecule has 0 saturated heterocycles. The van der Waals surface area contributed by atoms with Crippen molar-refractivity contribution in [3.63, 3.8) is 0 Å². The van der Waals surface area contributed by atoms with E-state index in [1.807, 2.05) is 234 Å². The van der Waals surface area contributed by atoms with E-state index in [1.54, 1.807) is 24.8 Å². The van der Waals surface area contributed by atoms with Gasteiger partial charge in [-0.1, -0.05) is 265 Å². The van der Waals surface area contributed by atoms with Gasteiger partial charge < -0.3 is 41.7 Å². The fraction of sp³-hybridized carbons (Fsp3) is 0.261. The molecule has 12 aromatic rings. The molecule has 4 aromatic heterocycles. The minimum absolute atomic E-state index is 0.00575. The maximum Gasteiger partial charge on any atom is 0.228 e. The molecule has 1 aliphatic carbocycles. The first-order chi connectivity index (χ1) is 54.5. The largest absolute Gasteiger partial charge is 0.392 e. The highest BCUT2D eigenvalue weighted by molar-refractivity contribution is 5.93. The summed E-state index contributed by atoms with van der Waals surface area (Å²) in [5.41, 5.74) is 17.3. The number of aliphatic hydroxyl groups excluding tert-OH is 4. The second-order valence-electron chi connectivity index (χ2n) is 28.2. The Labute approximate surface area is 655 Å². The number of amides is 4. The van der Waals surface area contributed by atoms with Crippen LogP contribution in [0.25, 0.3) is 45.0 Å². The molecule has 574 valence electrons. The zero-order chi connectivity index (χ0) is 79.0. The van der Waals surface area contributed by atoms with Crippen LogP contribution < -0.4 is 21.3 Å². The van der Waals surface area contributed by atoms with Gasteiger partial charge in [-0.05, 0) is 75.6 Å². The van der Waals surface area contributed by atoms with E-state index < -0.39 is 0 Å². The van der Waals surface area contributed by atoms with Crippen molar-refractivity contribution in [1.82, 2.24) is 39.9 Å². The fourth-order valence-electron chi connectivity index (χ4n) is 12.4. The molecule has 0 bridgehead atoms. The molecule has 1 saturated carbocycles. The van der Waals surface area contributed by atoms with Crippen molar-refractivity contribution in [3.8, 4) is 45.0 Å². The van der Waals surface area contributed by atoms with Gasteiger partial charge in [0.05, 0.1) is 96.8 Å². The van der Waals surface area contributed by atoms with Crippen LogP contribution in [0.1, 0.15) is 153 Å². The topological polar surface area (TPSA) is 300 Å². The number of nitrogens with zero attached hydrogens (tertiary/aromatic N) is 8. The van der Waals surface area contributed by atoms with Crippen LogP contribution in [0, 0.1) is 17.8 Å². The average molecular weight is 1500 g/mol. The fourth-order valence-corrected chi connectivity index (χ4v) is 12.4. The molecule has 4 amide bonds. The molecule has 20 heteroatoms. The summed E-state index contributed by atoms with van der Waals surface area (Å²) in [5, 5.41) is 48.5. The Morgan fingerprint density at radius 1 is 0.366 bits per heavy atom. The Bertz CT molecular complexity index is 4960. The Kier molecular flexibility index (Phi) is 31.4. The summed E-state index contributed by atoms with van der Waals surface area (Å²) < 4.78 is 0. The third kappa shape index (κ3) is 25.4. The number of aliphatic hydroxyl groups is 4. The minimum Gasteiger partial charge on any atom is -0.392 e. The number of carbonyl (C=O) groups is 4. The SMILES string of the molecule is CC(=O)Nc1ncc(-c2ccc(CO)cc2)nc1Cc1ccccc1.CC(C)CC(=O)Nc1ncc(-c2ccc(CO)cc2)nc1Cc1ccccc1.CCC(C)C(=O)Nc1ncc(-c2ccc(CO)cc2)nc1Cc1ccccc1.O=C(CC1CCCCC1)Nc1ncc(-c2ccc(CO)cc2)nc1Cc1ccccc1. The second-order valence-corrected chi connectivity index (χ2v) is 28.2. The van der Waals surface area contributed by atoms with Crippen LogP contribution in [-0.2, 0) is 71.3 Å². The van der Waals surface area contributed by atoms with Crippen molar-refractivity contribution >= 4 is 46.9 Å². The molecule has 1 unspecified atom stereocenters. The quantitative estimate of drug-likeness (QED) is 0.0250. The van der Waals surface area contributed by atoms with Crippen molar-refractivity contribution in [2.45, 2.75) is 138 Å². The van der Waals surface area contributed by atoms with Gasteiger partial charge in [-0.3, -0.25) is 19.2 Å². The highest BCUT2D eigenvalue weighted by Crippen LogP contribution is 2.31. The van der Waals surface area contributed by atoms with Gasteiger partial charge in [-0.25, -0.2) is 39.9 Å². The van der Waals surface area contributed by atoms with Gasteiger partial charge in [0.2, 0.25) is 23.6 Å². The molecule has 8 N–H and O–H groups in total. The van der Waals surface area contributed by atoms with Crippen LogP contribution in [0.4, 0.5) is 23.3 Å². The number of anilines is 4. The summed E-state index contributed by atoms with van der Waals surface area (Å²) in [7, 11) is 0. The van der Waals surface area contributed by atoms with Crippen molar-refractivity contribution in [1.29, 1.82) is 0 Å². The van der Waals surface area contributed by atoms with Gasteiger partial charge in [0.1, 0.15) is 0 Å². The Morgan fingerprint density at radius 3 is 0.929 bits per heavy atom. The lowest BCUT2D eigenvalue weighted by atomic mass is 9.87. The zero-order valence-corrected chi connectivity index (χ0v) is 64.1. The molecule has 112 heavy (non-hydrogen) atoms. The van der Waals surface area contributed by atoms with Crippen molar-refractivity contribution in [2.75, 3.05) is 21.3 Å². The predicted octanol–water partition coefficient (Wildman–Crippen LogP) is 16.7. The van der Waals surface area contributed by atoms with Crippen LogP contribution in [-0.4, -0.2) is 83.9 Å². The summed E-state index contributed by atoms with van der Waals surface area (Å²) in [6.07, 6.45) is 16.8. The van der Waals surface area contributed by atoms with Crippen molar-refractivity contribution in [3.05, 3.63) is 310 Å². The second kappa shape index (κ2) is 42.7. The number of hydrogen-bond donors (Lipinski definition) is 8. The smallest absolute Gasteiger partial charge is 0.228 e. The van der Waals surface area contributed by atoms with E-state index in [0.717, 1.165) is 126 Å². The highest BCUT2D eigenvalue weighted by atomic mass is 16.3. The highest BCUT2D eigenvalue weighted by Gasteiger charge is 2.22. The lowest BCUT2D eigenvalue weighted by Crippen LogP contribution is -2.21. The summed E-state index contributed by atoms with van der Waals surface area (Å²) in [6.45, 7) is 9.39. The van der Waals surface area contributed by atoms with E-state index in [-0.39, 0.29) is 61.9 Å². The number of aromatic nitrogens is 8. The molecule has 4 heterocycles. The van der Waals surface area contributed by atoms with Crippen molar-refractivity contribution in [2.24, 2.45) is 17.8 Å². The van der Waals surface area contributed by atoms with E-state index in [9.17, 15) is 34.5 Å². The van der Waals surface area contributed by atoms with E-state index in [0.29, 0.717) is 73.4 Å². The number of rotatable bonds is 26. The summed E-state index contributed by atoms with van der Waals surface area (Å²) in [4.78, 5) is 85.9. The number of benzene rings is 8. The molecular weight excluding hydrogens is 1400 g/mol. The molecule has 0 radical (unpaired) electrons. The molecule has 0 aliphatic heterocycles. The minimum atomic E-state index is -0.177. The molecule has 13 rings (SSSR count). The first-order valence-corrected chi connectivity index (χ1v) is 38.1. The van der Waals surface area contributed by atoms with Gasteiger partial charge >= 0.3 is 0 Å². The molecular formula is C92H98N12O8. The molecule has 8 aromatic carbocycles. The summed E-state index contributed by atoms with van der Waals surface area (Å²) >= 11 is 0. The zero-order valence-electron chi connectivity index (χ0n) is 64.1. The van der Waals surface area contributed by atoms with Crippen LogP contribution in [0.15, 0.2) is 243 Å². The Balaban J connectivity index is 0.000000159. The molecule has 1 aliphatic rings. The van der Waals surface area contributed by atoms with E-state index in [4.69, 9.17) is 25.0 Å². The number of carbonyl (C=O) groups excluding carboxylic acids is 4. The average Bonchev–Trinajstić information content (AvgIpc) is 0.837. The predicted molar refractivity (Wildman–Crippen MR) is 441 cm³/mol. The summed E-state index contributed by atoms with van der Waals surface area (Å²) in [6, 6.07) is 70.3. The van der Waals surface area contributed by atoms with Crippen LogP contribution in [0.3, 0.4) is 0 Å². The molecule has 1 fully saturated rings. The van der Waals surface area contributed by atoms with Crippen LogP contribution >= 0.6 is 0 Å². The molecule has 20 nitrogen and oxygen atoms in total. The van der Waals surface area contributed by atoms with Crippen LogP contribution in [0.5, 0.6) is 0 Å². The van der Waals surface area contributed by atoms with Gasteiger partial charge in [-0.2, -0.15) is 0 Å². The van der Waals surface area contributed by atoms with Gasteiger partial charge in [0, 0.05) is 73.6 Å². The first-order valence-electron chi connectivity index (χ1n) is 38.1. The lowest BCUT2D eigenvalue weighted by molar-refractivity contribution is -0.119. The Hall–Kier alpha value is -12.2. The normalized spacial score (nSPS) is 12.0. The van der Waals surface area contributed by atoms with E-state index >= 15 is 0 Å². The number of hydrogen-bond acceptors (Lipinski definition) is 16. The van der Waals surface area contributed by atoms with E-state index in [2.05, 4.69) is 53.3 Å². The monoisotopic (exact) mass is 1500 g/mol. The lowest BCUT2D eigenvalue weighted by Gasteiger charge is -2.21. The maximum atomic E-state index is 12.7. The van der Waals surface area contributed by atoms with Gasteiger partial charge in [0.25, 0.3) is 0 Å². The first kappa shape index (κ1) is 82.3. The van der Waals surface area contributed by atoms with E-state index in [1.165, 1.54) is 26.2 Å². The standard InChI is InChI=1S/C26H29N3O2.2C23H25N3O2.C20H19N3O2/c30-18-21-11-13-22(14-12-21)24-17-27-26(23(28-24)15-19-7-3-1-4-8-19)29-25(31)16-20-9-5-2-6-10-20;1-16(2)12-22(28)26-23-20(13-17-6-4-3-5-7-17)25-21(14-24-23)19-10-8-18(15-27)9-11-19;1-3-16(2)23(28)26-22-20(13-17-7-5-4-6-8-17)25-21(14-24-22)19-11-9-18(15-27)10-12-19;1-14(25)22-20-18(11-15-5-3-2-4-6-15)23-19(12-21-20)17-9-7-16(13-24)8-10-17/h1,3-4,7-8,11-14,17,20,30H,2,5-6,9-10,15-16,18H2,(H,27,29,31);3-11,14,16,27H,12-13,15H2,1-2H3,(H,24,26,28);4-12,14,16,27H,3,13,15H2,1-2H3,(H,24,26,28);2-10,12,24H,11,13H2,1H3,(H,21,22,25).